The van der Waals surface area contributed by atoms with E-state index < -0.39 is 5.82 Å². The van der Waals surface area contributed by atoms with Gasteiger partial charge in [0.1, 0.15) is 23.6 Å². The summed E-state index contributed by atoms with van der Waals surface area (Å²) in [6.07, 6.45) is 7.31. The van der Waals surface area contributed by atoms with E-state index in [1.54, 1.807) is 12.1 Å². The first-order chi connectivity index (χ1) is 12.2. The van der Waals surface area contributed by atoms with E-state index in [2.05, 4.69) is 25.2 Å². The smallest absolute Gasteiger partial charge is 0.143 e. The molecule has 0 spiro atoms. The van der Waals surface area contributed by atoms with Gasteiger partial charge in [-0.15, -0.1) is 0 Å². The standard InChI is InChI=1S/C18H19ClFN5/c19-14-8-13(4-5-15(14)20)24-18-16-12(9-21-17(16)22-11-23-18)10-25-6-2-1-3-7-25/h4-5,8-9,11H,1-3,6-7,10H2,(H2,21,22,23,24). The molecule has 3 heterocycles. The predicted octanol–water partition coefficient (Wildman–Crippen LogP) is 4.48. The molecule has 1 aliphatic rings. The summed E-state index contributed by atoms with van der Waals surface area (Å²) in [5, 5.41) is 4.29. The third-order valence-corrected chi connectivity index (χ3v) is 4.87. The summed E-state index contributed by atoms with van der Waals surface area (Å²) in [4.78, 5) is 14.4. The zero-order valence-corrected chi connectivity index (χ0v) is 14.5. The highest BCUT2D eigenvalue weighted by atomic mass is 35.5. The molecule has 3 aromatic rings. The van der Waals surface area contributed by atoms with E-state index in [1.807, 2.05) is 6.20 Å². The summed E-state index contributed by atoms with van der Waals surface area (Å²) in [6, 6.07) is 4.54. The fourth-order valence-corrected chi connectivity index (χ4v) is 3.50. The first-order valence-corrected chi connectivity index (χ1v) is 8.84. The molecule has 1 aliphatic heterocycles. The van der Waals surface area contributed by atoms with Gasteiger partial charge in [-0.05, 0) is 49.7 Å². The lowest BCUT2D eigenvalue weighted by Gasteiger charge is -2.26. The highest BCUT2D eigenvalue weighted by Gasteiger charge is 2.16. The number of rotatable bonds is 4. The minimum atomic E-state index is -0.438. The number of aromatic amines is 1. The van der Waals surface area contributed by atoms with Gasteiger partial charge in [0.25, 0.3) is 0 Å². The van der Waals surface area contributed by atoms with Crippen LogP contribution in [0.3, 0.4) is 0 Å². The molecule has 2 N–H and O–H groups in total. The largest absolute Gasteiger partial charge is 0.346 e. The first kappa shape index (κ1) is 16.3. The van der Waals surface area contributed by atoms with Gasteiger partial charge in [-0.2, -0.15) is 0 Å². The molecule has 0 atom stereocenters. The Morgan fingerprint density at radius 3 is 2.84 bits per heavy atom. The van der Waals surface area contributed by atoms with Crippen molar-refractivity contribution in [2.45, 2.75) is 25.8 Å². The Bertz CT molecular complexity index is 888. The van der Waals surface area contributed by atoms with Crippen molar-refractivity contribution in [3.8, 4) is 0 Å². The number of hydrogen-bond donors (Lipinski definition) is 2. The molecular weight excluding hydrogens is 341 g/mol. The van der Waals surface area contributed by atoms with Crippen LogP contribution in [0.4, 0.5) is 15.9 Å². The molecule has 0 saturated carbocycles. The number of benzene rings is 1. The van der Waals surface area contributed by atoms with Crippen molar-refractivity contribution in [1.29, 1.82) is 0 Å². The van der Waals surface area contributed by atoms with E-state index in [0.717, 1.165) is 36.2 Å². The second-order valence-corrected chi connectivity index (χ2v) is 6.76. The summed E-state index contributed by atoms with van der Waals surface area (Å²) in [6.45, 7) is 3.11. The Hall–Kier alpha value is -2.18. The first-order valence-electron chi connectivity index (χ1n) is 8.46. The second kappa shape index (κ2) is 6.98. The van der Waals surface area contributed by atoms with Crippen LogP contribution in [0.2, 0.25) is 5.02 Å². The average molecular weight is 360 g/mol. The third kappa shape index (κ3) is 3.45. The SMILES string of the molecule is Fc1ccc(Nc2ncnc3[nH]cc(CN4CCCCC4)c23)cc1Cl. The van der Waals surface area contributed by atoms with Gasteiger partial charge in [0.15, 0.2) is 0 Å². The zero-order valence-electron chi connectivity index (χ0n) is 13.7. The molecule has 25 heavy (non-hydrogen) atoms. The van der Waals surface area contributed by atoms with Crippen LogP contribution in [0.15, 0.2) is 30.7 Å². The molecule has 4 rings (SSSR count). The van der Waals surface area contributed by atoms with Crippen LogP contribution in [0.25, 0.3) is 11.0 Å². The molecule has 0 bridgehead atoms. The van der Waals surface area contributed by atoms with Crippen LogP contribution in [0, 0.1) is 5.82 Å². The Morgan fingerprint density at radius 1 is 1.20 bits per heavy atom. The maximum Gasteiger partial charge on any atom is 0.143 e. The molecule has 0 amide bonds. The van der Waals surface area contributed by atoms with Crippen molar-refractivity contribution in [3.63, 3.8) is 0 Å². The highest BCUT2D eigenvalue weighted by molar-refractivity contribution is 6.31. The van der Waals surface area contributed by atoms with Crippen molar-refractivity contribution in [3.05, 3.63) is 47.1 Å². The molecule has 0 radical (unpaired) electrons. The van der Waals surface area contributed by atoms with Gasteiger partial charge in [-0.25, -0.2) is 14.4 Å². The quantitative estimate of drug-likeness (QED) is 0.721. The van der Waals surface area contributed by atoms with Crippen molar-refractivity contribution >= 4 is 34.1 Å². The topological polar surface area (TPSA) is 56.8 Å². The molecule has 1 aromatic carbocycles. The summed E-state index contributed by atoms with van der Waals surface area (Å²) in [5.41, 5.74) is 2.64. The minimum Gasteiger partial charge on any atom is -0.346 e. The molecule has 0 unspecified atom stereocenters. The minimum absolute atomic E-state index is 0.0814. The monoisotopic (exact) mass is 359 g/mol. The van der Waals surface area contributed by atoms with Gasteiger partial charge in [-0.3, -0.25) is 4.90 Å². The lowest BCUT2D eigenvalue weighted by atomic mass is 10.1. The third-order valence-electron chi connectivity index (χ3n) is 4.58. The van der Waals surface area contributed by atoms with E-state index >= 15 is 0 Å². The van der Waals surface area contributed by atoms with E-state index in [0.29, 0.717) is 11.5 Å². The van der Waals surface area contributed by atoms with Crippen LogP contribution < -0.4 is 5.32 Å². The molecule has 1 saturated heterocycles. The lowest BCUT2D eigenvalue weighted by Crippen LogP contribution is -2.29. The molecule has 7 heteroatoms. The second-order valence-electron chi connectivity index (χ2n) is 6.35. The van der Waals surface area contributed by atoms with Crippen LogP contribution in [0.1, 0.15) is 24.8 Å². The van der Waals surface area contributed by atoms with E-state index in [1.165, 1.54) is 31.7 Å². The van der Waals surface area contributed by atoms with Gasteiger partial charge in [-0.1, -0.05) is 18.0 Å². The van der Waals surface area contributed by atoms with Crippen molar-refractivity contribution in [1.82, 2.24) is 19.9 Å². The number of fused-ring (bicyclic) bond motifs is 1. The van der Waals surface area contributed by atoms with Gasteiger partial charge >= 0.3 is 0 Å². The van der Waals surface area contributed by atoms with Crippen LogP contribution in [-0.4, -0.2) is 32.9 Å². The highest BCUT2D eigenvalue weighted by Crippen LogP contribution is 2.29. The Morgan fingerprint density at radius 2 is 2.04 bits per heavy atom. The molecule has 5 nitrogen and oxygen atoms in total. The Kier molecular flexibility index (Phi) is 4.55. The summed E-state index contributed by atoms with van der Waals surface area (Å²) >= 11 is 5.88. The Balaban J connectivity index is 1.65. The van der Waals surface area contributed by atoms with Crippen molar-refractivity contribution < 1.29 is 4.39 Å². The predicted molar refractivity (Wildman–Crippen MR) is 97.7 cm³/mol. The number of aromatic nitrogens is 3. The molecule has 2 aromatic heterocycles. The lowest BCUT2D eigenvalue weighted by molar-refractivity contribution is 0.221. The molecular formula is C18H19ClFN5. The van der Waals surface area contributed by atoms with Crippen LogP contribution in [0.5, 0.6) is 0 Å². The summed E-state index contributed by atoms with van der Waals surface area (Å²) < 4.78 is 13.4. The number of nitrogens with zero attached hydrogens (tertiary/aromatic N) is 3. The normalized spacial score (nSPS) is 15.6. The van der Waals surface area contributed by atoms with E-state index in [4.69, 9.17) is 11.6 Å². The van der Waals surface area contributed by atoms with Crippen molar-refractivity contribution in [2.75, 3.05) is 18.4 Å². The number of H-pyrrole nitrogens is 1. The van der Waals surface area contributed by atoms with Gasteiger partial charge in [0.2, 0.25) is 0 Å². The fraction of sp³-hybridized carbons (Fsp3) is 0.333. The van der Waals surface area contributed by atoms with E-state index in [-0.39, 0.29) is 5.02 Å². The average Bonchev–Trinajstić information content (AvgIpc) is 3.03. The Labute approximate surface area is 150 Å². The summed E-state index contributed by atoms with van der Waals surface area (Å²) in [5.74, 6) is 0.258. The maximum atomic E-state index is 13.4. The number of likely N-dealkylation sites (tertiary alicyclic amines) is 1. The number of anilines is 2. The van der Waals surface area contributed by atoms with Gasteiger partial charge in [0, 0.05) is 18.4 Å². The van der Waals surface area contributed by atoms with Crippen molar-refractivity contribution in [2.24, 2.45) is 0 Å². The van der Waals surface area contributed by atoms with E-state index in [9.17, 15) is 4.39 Å². The zero-order chi connectivity index (χ0) is 17.2. The number of hydrogen-bond acceptors (Lipinski definition) is 4. The molecule has 130 valence electrons. The maximum absolute atomic E-state index is 13.4. The van der Waals surface area contributed by atoms with Gasteiger partial charge < -0.3 is 10.3 Å². The van der Waals surface area contributed by atoms with Crippen LogP contribution >= 0.6 is 11.6 Å². The molecule has 0 aliphatic carbocycles. The summed E-state index contributed by atoms with van der Waals surface area (Å²) in [7, 11) is 0. The van der Waals surface area contributed by atoms with Crippen LogP contribution in [-0.2, 0) is 6.54 Å². The number of nitrogens with one attached hydrogen (secondary N) is 2. The molecule has 1 fully saturated rings. The number of halogens is 2. The number of piperidine rings is 1. The fourth-order valence-electron chi connectivity index (χ4n) is 3.32. The van der Waals surface area contributed by atoms with Gasteiger partial charge in [0.05, 0.1) is 10.4 Å².